The first-order valence-corrected chi connectivity index (χ1v) is 3.46. The fourth-order valence-electron chi connectivity index (χ4n) is 1.12. The largest absolute Gasteiger partial charge is 0.492 e. The van der Waals surface area contributed by atoms with E-state index in [1.807, 2.05) is 13.8 Å². The maximum absolute atomic E-state index is 10.9. The molecule has 1 aromatic rings. The van der Waals surface area contributed by atoms with Crippen LogP contribution in [0.1, 0.15) is 25.3 Å². The molecule has 0 saturated carbocycles. The SMILES string of the molecule is COc1c(C(C)C)c(=O)c1=O. The second-order valence-electron chi connectivity index (χ2n) is 2.76. The molecule has 1 aromatic carbocycles. The molecule has 3 heteroatoms. The van der Waals surface area contributed by atoms with E-state index >= 15 is 0 Å². The summed E-state index contributed by atoms with van der Waals surface area (Å²) < 4.78 is 4.75. The molecule has 1 rings (SSSR count). The predicted octanol–water partition coefficient (Wildman–Crippen LogP) is 0.415. The van der Waals surface area contributed by atoms with E-state index in [-0.39, 0.29) is 11.7 Å². The van der Waals surface area contributed by atoms with Crippen molar-refractivity contribution in [2.24, 2.45) is 0 Å². The highest BCUT2D eigenvalue weighted by molar-refractivity contribution is 5.41. The van der Waals surface area contributed by atoms with Crippen molar-refractivity contribution in [1.82, 2.24) is 0 Å². The van der Waals surface area contributed by atoms with Crippen LogP contribution >= 0.6 is 0 Å². The Morgan fingerprint density at radius 2 is 1.73 bits per heavy atom. The number of ether oxygens (including phenoxy) is 1. The quantitative estimate of drug-likeness (QED) is 0.579. The van der Waals surface area contributed by atoms with E-state index in [9.17, 15) is 9.59 Å². The van der Waals surface area contributed by atoms with Crippen LogP contribution in [0.4, 0.5) is 0 Å². The maximum atomic E-state index is 10.9. The lowest BCUT2D eigenvalue weighted by Crippen LogP contribution is -2.36. The summed E-state index contributed by atoms with van der Waals surface area (Å²) in [4.78, 5) is 21.7. The van der Waals surface area contributed by atoms with E-state index in [4.69, 9.17) is 4.74 Å². The zero-order chi connectivity index (χ0) is 8.59. The van der Waals surface area contributed by atoms with Gasteiger partial charge in [-0.1, -0.05) is 13.8 Å². The molecule has 0 atom stereocenters. The van der Waals surface area contributed by atoms with Gasteiger partial charge in [0.15, 0.2) is 5.75 Å². The van der Waals surface area contributed by atoms with Crippen LogP contribution in [-0.2, 0) is 0 Å². The van der Waals surface area contributed by atoms with Gasteiger partial charge in [-0.05, 0) is 5.92 Å². The van der Waals surface area contributed by atoms with Gasteiger partial charge in [-0.3, -0.25) is 9.59 Å². The Hall–Kier alpha value is -1.12. The Morgan fingerprint density at radius 3 is 2.00 bits per heavy atom. The van der Waals surface area contributed by atoms with Crippen LogP contribution < -0.4 is 15.6 Å². The van der Waals surface area contributed by atoms with Crippen molar-refractivity contribution >= 4 is 0 Å². The zero-order valence-electron chi connectivity index (χ0n) is 6.80. The third kappa shape index (κ3) is 0.964. The second kappa shape index (κ2) is 2.49. The lowest BCUT2D eigenvalue weighted by Gasteiger charge is -2.11. The molecule has 0 amide bonds. The highest BCUT2D eigenvalue weighted by atomic mass is 16.5. The second-order valence-corrected chi connectivity index (χ2v) is 2.76. The van der Waals surface area contributed by atoms with Crippen LogP contribution in [0, 0.1) is 0 Å². The molecule has 0 bridgehead atoms. The van der Waals surface area contributed by atoms with E-state index < -0.39 is 10.9 Å². The van der Waals surface area contributed by atoms with Crippen LogP contribution in [0.15, 0.2) is 9.59 Å². The van der Waals surface area contributed by atoms with Crippen molar-refractivity contribution in [3.63, 3.8) is 0 Å². The van der Waals surface area contributed by atoms with E-state index in [0.29, 0.717) is 5.56 Å². The van der Waals surface area contributed by atoms with Gasteiger partial charge in [-0.15, -0.1) is 0 Å². The number of hydrogen-bond acceptors (Lipinski definition) is 3. The highest BCUT2D eigenvalue weighted by Gasteiger charge is 2.23. The van der Waals surface area contributed by atoms with Gasteiger partial charge in [0.2, 0.25) is 5.43 Å². The number of hydrogen-bond donors (Lipinski definition) is 0. The smallest absolute Gasteiger partial charge is 0.268 e. The fraction of sp³-hybridized carbons (Fsp3) is 0.500. The van der Waals surface area contributed by atoms with Gasteiger partial charge in [-0.25, -0.2) is 0 Å². The van der Waals surface area contributed by atoms with Crippen molar-refractivity contribution in [3.8, 4) is 5.75 Å². The summed E-state index contributed by atoms with van der Waals surface area (Å²) in [5.41, 5.74) is -0.356. The van der Waals surface area contributed by atoms with Crippen LogP contribution in [0.3, 0.4) is 0 Å². The van der Waals surface area contributed by atoms with E-state index in [0.717, 1.165) is 0 Å². The minimum Gasteiger partial charge on any atom is -0.492 e. The van der Waals surface area contributed by atoms with E-state index in [1.54, 1.807) is 0 Å². The summed E-state index contributed by atoms with van der Waals surface area (Å²) >= 11 is 0. The fourth-order valence-corrected chi connectivity index (χ4v) is 1.12. The standard InChI is InChI=1S/C8H10O3/c1-4(2)5-6(9)7(10)8(5)11-3/h4H,1-3H3. The van der Waals surface area contributed by atoms with Gasteiger partial charge in [-0.2, -0.15) is 0 Å². The minimum absolute atomic E-state index is 0.0788. The zero-order valence-corrected chi connectivity index (χ0v) is 6.80. The molecular formula is C8H10O3. The van der Waals surface area contributed by atoms with Gasteiger partial charge in [0.1, 0.15) is 0 Å². The first kappa shape index (κ1) is 7.98. The van der Waals surface area contributed by atoms with Crippen LogP contribution in [-0.4, -0.2) is 7.11 Å². The minimum atomic E-state index is -0.490. The third-order valence-electron chi connectivity index (χ3n) is 1.68. The summed E-state index contributed by atoms with van der Waals surface area (Å²) in [7, 11) is 1.40. The molecule has 11 heavy (non-hydrogen) atoms. The predicted molar refractivity (Wildman–Crippen MR) is 42.0 cm³/mol. The molecular weight excluding hydrogens is 144 g/mol. The van der Waals surface area contributed by atoms with Gasteiger partial charge in [0.05, 0.1) is 12.7 Å². The van der Waals surface area contributed by atoms with Crippen LogP contribution in [0.25, 0.3) is 0 Å². The highest BCUT2D eigenvalue weighted by Crippen LogP contribution is 2.19. The first-order valence-electron chi connectivity index (χ1n) is 3.46. The average molecular weight is 154 g/mol. The summed E-state index contributed by atoms with van der Waals surface area (Å²) in [6, 6.07) is 0. The van der Waals surface area contributed by atoms with Crippen molar-refractivity contribution in [1.29, 1.82) is 0 Å². The summed E-state index contributed by atoms with van der Waals surface area (Å²) in [6.45, 7) is 3.72. The van der Waals surface area contributed by atoms with Gasteiger partial charge < -0.3 is 4.74 Å². The normalized spacial score (nSPS) is 10.9. The number of methoxy groups -OCH3 is 1. The lowest BCUT2D eigenvalue weighted by atomic mass is 9.97. The molecule has 0 aliphatic carbocycles. The lowest BCUT2D eigenvalue weighted by molar-refractivity contribution is 0.396. The summed E-state index contributed by atoms with van der Waals surface area (Å²) in [5, 5.41) is 0. The Kier molecular flexibility index (Phi) is 1.81. The van der Waals surface area contributed by atoms with Crippen molar-refractivity contribution in [3.05, 3.63) is 26.0 Å². The molecule has 0 unspecified atom stereocenters. The molecule has 0 radical (unpaired) electrons. The van der Waals surface area contributed by atoms with Crippen molar-refractivity contribution < 1.29 is 4.74 Å². The molecule has 0 fully saturated rings. The number of rotatable bonds is 2. The Balaban J connectivity index is 3.19. The molecule has 0 N–H and O–H groups in total. The Labute approximate surface area is 64.3 Å². The van der Waals surface area contributed by atoms with Gasteiger partial charge >= 0.3 is 0 Å². The monoisotopic (exact) mass is 154 g/mol. The summed E-state index contributed by atoms with van der Waals surface area (Å²) in [6.07, 6.45) is 0. The molecule has 0 spiro atoms. The van der Waals surface area contributed by atoms with E-state index in [1.165, 1.54) is 7.11 Å². The third-order valence-corrected chi connectivity index (χ3v) is 1.68. The molecule has 0 aromatic heterocycles. The molecule has 0 aliphatic rings. The Morgan fingerprint density at radius 1 is 1.18 bits per heavy atom. The Bertz CT molecular complexity index is 329. The van der Waals surface area contributed by atoms with Crippen LogP contribution in [0.5, 0.6) is 5.75 Å². The van der Waals surface area contributed by atoms with Crippen LogP contribution in [0.2, 0.25) is 0 Å². The first-order chi connectivity index (χ1) is 5.09. The molecule has 0 heterocycles. The molecule has 0 saturated heterocycles. The maximum Gasteiger partial charge on any atom is 0.268 e. The molecule has 3 nitrogen and oxygen atoms in total. The van der Waals surface area contributed by atoms with Crippen molar-refractivity contribution in [2.75, 3.05) is 7.11 Å². The van der Waals surface area contributed by atoms with E-state index in [2.05, 4.69) is 0 Å². The molecule has 0 aliphatic heterocycles. The average Bonchev–Trinajstić information content (AvgIpc) is 1.96. The van der Waals surface area contributed by atoms with Gasteiger partial charge in [0.25, 0.3) is 5.43 Å². The molecule has 60 valence electrons. The van der Waals surface area contributed by atoms with Gasteiger partial charge in [0, 0.05) is 0 Å². The topological polar surface area (TPSA) is 43.4 Å². The van der Waals surface area contributed by atoms with Crippen molar-refractivity contribution in [2.45, 2.75) is 19.8 Å². The summed E-state index contributed by atoms with van der Waals surface area (Å²) in [5.74, 6) is 0.320.